The lowest BCUT2D eigenvalue weighted by atomic mass is 9.94. The van der Waals surface area contributed by atoms with Crippen LogP contribution in [0.4, 0.5) is 0 Å². The highest BCUT2D eigenvalue weighted by molar-refractivity contribution is 5.81. The van der Waals surface area contributed by atoms with E-state index in [1.54, 1.807) is 0 Å². The smallest absolute Gasteiger partial charge is 0.338 e. The number of carbonyl (C=O) groups is 1. The number of ether oxygens (including phenoxy) is 1. The maximum Gasteiger partial charge on any atom is 0.338 e. The number of rotatable bonds is 21. The molecule has 0 bridgehead atoms. The summed E-state index contributed by atoms with van der Waals surface area (Å²) >= 11 is 0. The molecule has 0 aromatic rings. The summed E-state index contributed by atoms with van der Waals surface area (Å²) in [6.45, 7) is 4.48. The molecule has 170 valence electrons. The van der Waals surface area contributed by atoms with Gasteiger partial charge >= 0.3 is 5.97 Å². The Morgan fingerprint density at radius 2 is 1.24 bits per heavy atom. The van der Waals surface area contributed by atoms with Gasteiger partial charge in [-0.3, -0.25) is 0 Å². The van der Waals surface area contributed by atoms with Crippen molar-refractivity contribution in [2.45, 2.75) is 148 Å². The molecule has 2 unspecified atom stereocenters. The van der Waals surface area contributed by atoms with Crippen molar-refractivity contribution in [1.82, 2.24) is 0 Å². The van der Waals surface area contributed by atoms with Crippen molar-refractivity contribution in [3.05, 3.63) is 12.2 Å². The first kappa shape index (κ1) is 26.2. The molecule has 0 spiro atoms. The van der Waals surface area contributed by atoms with Crippen molar-refractivity contribution in [2.75, 3.05) is 0 Å². The van der Waals surface area contributed by atoms with Gasteiger partial charge < -0.3 is 9.84 Å². The predicted octanol–water partition coefficient (Wildman–Crippen LogP) is 8.22. The van der Waals surface area contributed by atoms with Crippen molar-refractivity contribution in [3.63, 3.8) is 0 Å². The highest BCUT2D eigenvalue weighted by Crippen LogP contribution is 2.44. The van der Waals surface area contributed by atoms with Gasteiger partial charge in [0.15, 0.2) is 5.60 Å². The summed E-state index contributed by atoms with van der Waals surface area (Å²) in [6.07, 6.45) is 27.4. The molecule has 2 atom stereocenters. The molecule has 0 saturated carbocycles. The van der Waals surface area contributed by atoms with Crippen molar-refractivity contribution in [1.29, 1.82) is 0 Å². The third kappa shape index (κ3) is 11.8. The van der Waals surface area contributed by atoms with E-state index in [4.69, 9.17) is 4.74 Å². The van der Waals surface area contributed by atoms with Crippen molar-refractivity contribution in [3.8, 4) is 0 Å². The SMILES string of the molecule is CCCCCCCC/C=C\CCCCCC1OC1(CCCCCCCC)C(=O)O. The third-order valence-corrected chi connectivity index (χ3v) is 6.31. The number of carboxylic acid groups (broad SMARTS) is 1. The predicted molar refractivity (Wildman–Crippen MR) is 123 cm³/mol. The molecular formula is C26H48O3. The summed E-state index contributed by atoms with van der Waals surface area (Å²) in [7, 11) is 0. The van der Waals surface area contributed by atoms with Crippen LogP contribution in [-0.2, 0) is 9.53 Å². The maximum atomic E-state index is 11.7. The van der Waals surface area contributed by atoms with Crippen LogP contribution in [0, 0.1) is 0 Å². The molecule has 0 aromatic heterocycles. The summed E-state index contributed by atoms with van der Waals surface area (Å²) in [5.74, 6) is -0.742. The van der Waals surface area contributed by atoms with E-state index in [1.807, 2.05) is 0 Å². The highest BCUT2D eigenvalue weighted by Gasteiger charge is 2.61. The molecule has 1 N–H and O–H groups in total. The monoisotopic (exact) mass is 408 g/mol. The summed E-state index contributed by atoms with van der Waals surface area (Å²) in [5, 5.41) is 9.58. The second kappa shape index (κ2) is 16.9. The quantitative estimate of drug-likeness (QED) is 0.118. The Balaban J connectivity index is 1.98. The minimum atomic E-state index is -0.845. The minimum Gasteiger partial charge on any atom is -0.479 e. The lowest BCUT2D eigenvalue weighted by Gasteiger charge is -2.08. The van der Waals surface area contributed by atoms with Crippen LogP contribution >= 0.6 is 0 Å². The Morgan fingerprint density at radius 3 is 1.79 bits per heavy atom. The second-order valence-electron chi connectivity index (χ2n) is 8.98. The molecule has 1 aliphatic heterocycles. The molecule has 29 heavy (non-hydrogen) atoms. The average Bonchev–Trinajstić information content (AvgIpc) is 3.42. The second-order valence-corrected chi connectivity index (χ2v) is 8.98. The standard InChI is InChI=1S/C26H48O3/c1-3-5-7-9-11-12-13-14-15-16-17-18-20-22-24-26(29-24,25(27)28)23-21-19-10-8-6-4-2/h14-15,24H,3-13,16-23H2,1-2H3,(H,27,28)/b15-14-. The topological polar surface area (TPSA) is 49.8 Å². The van der Waals surface area contributed by atoms with E-state index >= 15 is 0 Å². The molecule has 0 aromatic carbocycles. The van der Waals surface area contributed by atoms with E-state index in [0.717, 1.165) is 32.1 Å². The summed E-state index contributed by atoms with van der Waals surface area (Å²) in [4.78, 5) is 11.7. The Kier molecular flexibility index (Phi) is 15.3. The Morgan fingerprint density at radius 1 is 0.759 bits per heavy atom. The van der Waals surface area contributed by atoms with Gasteiger partial charge in [0, 0.05) is 0 Å². The molecule has 1 fully saturated rings. The summed E-state index contributed by atoms with van der Waals surface area (Å²) in [5.41, 5.74) is -0.845. The lowest BCUT2D eigenvalue weighted by Crippen LogP contribution is -2.27. The van der Waals surface area contributed by atoms with Crippen LogP contribution in [0.5, 0.6) is 0 Å². The van der Waals surface area contributed by atoms with Gasteiger partial charge in [0.25, 0.3) is 0 Å². The van der Waals surface area contributed by atoms with E-state index in [1.165, 1.54) is 83.5 Å². The first-order chi connectivity index (χ1) is 14.2. The first-order valence-electron chi connectivity index (χ1n) is 12.7. The van der Waals surface area contributed by atoms with Crippen LogP contribution in [0.2, 0.25) is 0 Å². The van der Waals surface area contributed by atoms with Crippen molar-refractivity contribution in [2.24, 2.45) is 0 Å². The van der Waals surface area contributed by atoms with Crippen molar-refractivity contribution >= 4 is 5.97 Å². The molecule has 1 saturated heterocycles. The minimum absolute atomic E-state index is 0.0427. The van der Waals surface area contributed by atoms with Gasteiger partial charge in [0.1, 0.15) is 0 Å². The van der Waals surface area contributed by atoms with Gasteiger partial charge in [-0.2, -0.15) is 0 Å². The Bertz CT molecular complexity index is 432. The number of allylic oxidation sites excluding steroid dienone is 2. The van der Waals surface area contributed by atoms with Gasteiger partial charge in [-0.25, -0.2) is 4.79 Å². The van der Waals surface area contributed by atoms with Crippen LogP contribution in [0.15, 0.2) is 12.2 Å². The zero-order chi connectivity index (χ0) is 21.2. The van der Waals surface area contributed by atoms with Crippen LogP contribution in [-0.4, -0.2) is 22.8 Å². The van der Waals surface area contributed by atoms with Gasteiger partial charge in [0.05, 0.1) is 6.10 Å². The molecule has 0 amide bonds. The lowest BCUT2D eigenvalue weighted by molar-refractivity contribution is -0.143. The number of unbranched alkanes of at least 4 members (excludes halogenated alkanes) is 14. The molecule has 3 heteroatoms. The highest BCUT2D eigenvalue weighted by atomic mass is 16.6. The largest absolute Gasteiger partial charge is 0.479 e. The molecule has 1 aliphatic rings. The number of epoxide rings is 1. The van der Waals surface area contributed by atoms with Gasteiger partial charge in [-0.1, -0.05) is 103 Å². The molecule has 0 radical (unpaired) electrons. The van der Waals surface area contributed by atoms with E-state index in [2.05, 4.69) is 26.0 Å². The summed E-state index contributed by atoms with van der Waals surface area (Å²) in [6, 6.07) is 0. The maximum absolute atomic E-state index is 11.7. The van der Waals surface area contributed by atoms with Gasteiger partial charge in [-0.15, -0.1) is 0 Å². The normalized spacial score (nSPS) is 21.1. The summed E-state index contributed by atoms with van der Waals surface area (Å²) < 4.78 is 5.69. The Labute approximate surface area is 180 Å². The fourth-order valence-electron chi connectivity index (χ4n) is 4.24. The van der Waals surface area contributed by atoms with Crippen LogP contribution in [0.3, 0.4) is 0 Å². The zero-order valence-corrected chi connectivity index (χ0v) is 19.4. The van der Waals surface area contributed by atoms with Crippen LogP contribution in [0.25, 0.3) is 0 Å². The third-order valence-electron chi connectivity index (χ3n) is 6.31. The van der Waals surface area contributed by atoms with Gasteiger partial charge in [-0.05, 0) is 44.9 Å². The van der Waals surface area contributed by atoms with E-state index < -0.39 is 11.6 Å². The van der Waals surface area contributed by atoms with E-state index in [9.17, 15) is 9.90 Å². The van der Waals surface area contributed by atoms with E-state index in [-0.39, 0.29) is 6.10 Å². The molecule has 0 aliphatic carbocycles. The van der Waals surface area contributed by atoms with Crippen molar-refractivity contribution < 1.29 is 14.6 Å². The number of hydrogen-bond donors (Lipinski definition) is 1. The fourth-order valence-corrected chi connectivity index (χ4v) is 4.24. The Hall–Kier alpha value is -0.830. The van der Waals surface area contributed by atoms with E-state index in [0.29, 0.717) is 6.42 Å². The number of aliphatic carboxylic acids is 1. The average molecular weight is 409 g/mol. The zero-order valence-electron chi connectivity index (χ0n) is 19.4. The van der Waals surface area contributed by atoms with Crippen LogP contribution in [0.1, 0.15) is 136 Å². The number of hydrogen-bond acceptors (Lipinski definition) is 2. The van der Waals surface area contributed by atoms with Crippen LogP contribution < -0.4 is 0 Å². The molecule has 1 rings (SSSR count). The molecule has 3 nitrogen and oxygen atoms in total. The number of carboxylic acids is 1. The molecular weight excluding hydrogens is 360 g/mol. The molecule has 1 heterocycles. The first-order valence-corrected chi connectivity index (χ1v) is 12.7. The fraction of sp³-hybridized carbons (Fsp3) is 0.885. The van der Waals surface area contributed by atoms with Gasteiger partial charge in [0.2, 0.25) is 0 Å².